The topological polar surface area (TPSA) is 123 Å². The van der Waals surface area contributed by atoms with Gasteiger partial charge in [-0.2, -0.15) is 15.8 Å². The normalized spacial score (nSPS) is 18.3. The third-order valence-electron chi connectivity index (χ3n) is 5.82. The fourth-order valence-corrected chi connectivity index (χ4v) is 3.99. The molecular formula is C27H15N3O3. The van der Waals surface area contributed by atoms with Crippen LogP contribution in [0, 0.1) is 51.7 Å². The van der Waals surface area contributed by atoms with Gasteiger partial charge in [0.2, 0.25) is 0 Å². The first kappa shape index (κ1) is 21.4. The lowest BCUT2D eigenvalue weighted by Gasteiger charge is -2.01. The first-order valence-electron chi connectivity index (χ1n) is 10.1. The lowest BCUT2D eigenvalue weighted by Crippen LogP contribution is -2.09. The molecule has 33 heavy (non-hydrogen) atoms. The van der Waals surface area contributed by atoms with Crippen LogP contribution in [0.1, 0.15) is 47.8 Å². The van der Waals surface area contributed by atoms with Crippen molar-refractivity contribution in [2.24, 2.45) is 17.8 Å². The second kappa shape index (κ2) is 8.71. The molecule has 0 radical (unpaired) electrons. The predicted octanol–water partition coefficient (Wildman–Crippen LogP) is 4.11. The minimum atomic E-state index is -0.829. The SMILES string of the molecule is N#Cc1ccc(C(=O)C2C(C(=O)c3ccc(C#N)cc3)C2C(=O)c2ccc(C#N)cc2)cc1. The van der Waals surface area contributed by atoms with E-state index in [2.05, 4.69) is 0 Å². The molecule has 1 saturated carbocycles. The Balaban J connectivity index is 1.67. The molecule has 6 nitrogen and oxygen atoms in total. The quantitative estimate of drug-likeness (QED) is 0.543. The number of hydrogen-bond donors (Lipinski definition) is 0. The maximum Gasteiger partial charge on any atom is 0.167 e. The van der Waals surface area contributed by atoms with Crippen molar-refractivity contribution in [1.29, 1.82) is 15.8 Å². The van der Waals surface area contributed by atoms with Gasteiger partial charge in [-0.1, -0.05) is 36.4 Å². The molecule has 156 valence electrons. The van der Waals surface area contributed by atoms with Gasteiger partial charge in [0, 0.05) is 34.4 Å². The van der Waals surface area contributed by atoms with E-state index in [0.29, 0.717) is 33.4 Å². The van der Waals surface area contributed by atoms with Gasteiger partial charge in [0.05, 0.1) is 34.9 Å². The van der Waals surface area contributed by atoms with Crippen LogP contribution in [0.2, 0.25) is 0 Å². The van der Waals surface area contributed by atoms with E-state index in [0.717, 1.165) is 0 Å². The summed E-state index contributed by atoms with van der Waals surface area (Å²) in [6, 6.07) is 24.2. The lowest BCUT2D eigenvalue weighted by atomic mass is 10.0. The summed E-state index contributed by atoms with van der Waals surface area (Å²) in [4.78, 5) is 39.7. The standard InChI is InChI=1S/C27H15N3O3/c28-13-16-1-7-19(8-2-16)25(31)22-23(26(32)20-9-3-17(14-29)4-10-20)24(22)27(33)21-11-5-18(15-30)6-12-21/h1-12,22-24H. The van der Waals surface area contributed by atoms with Crippen LogP contribution in [0.3, 0.4) is 0 Å². The molecule has 0 aliphatic heterocycles. The lowest BCUT2D eigenvalue weighted by molar-refractivity contribution is 0.0906. The summed E-state index contributed by atoms with van der Waals surface area (Å²) in [5.74, 6) is -3.49. The maximum absolute atomic E-state index is 13.2. The van der Waals surface area contributed by atoms with Crippen molar-refractivity contribution < 1.29 is 14.4 Å². The van der Waals surface area contributed by atoms with Gasteiger partial charge >= 0.3 is 0 Å². The van der Waals surface area contributed by atoms with Crippen molar-refractivity contribution in [2.75, 3.05) is 0 Å². The van der Waals surface area contributed by atoms with Crippen LogP contribution in [0.5, 0.6) is 0 Å². The zero-order valence-electron chi connectivity index (χ0n) is 17.2. The van der Waals surface area contributed by atoms with Crippen molar-refractivity contribution >= 4 is 17.3 Å². The molecule has 0 amide bonds. The van der Waals surface area contributed by atoms with Gasteiger partial charge in [-0.3, -0.25) is 14.4 Å². The number of nitrogens with zero attached hydrogens (tertiary/aromatic N) is 3. The molecule has 4 rings (SSSR count). The summed E-state index contributed by atoms with van der Waals surface area (Å²) in [7, 11) is 0. The summed E-state index contributed by atoms with van der Waals surface area (Å²) in [5.41, 5.74) is 2.18. The van der Waals surface area contributed by atoms with E-state index in [1.807, 2.05) is 18.2 Å². The molecule has 3 aromatic rings. The van der Waals surface area contributed by atoms with Gasteiger partial charge in [0.25, 0.3) is 0 Å². The van der Waals surface area contributed by atoms with Crippen LogP contribution in [-0.4, -0.2) is 17.3 Å². The molecule has 0 spiro atoms. The van der Waals surface area contributed by atoms with Crippen LogP contribution < -0.4 is 0 Å². The molecule has 6 heteroatoms. The zero-order valence-corrected chi connectivity index (χ0v) is 17.2. The number of benzene rings is 3. The average Bonchev–Trinajstić information content (AvgIpc) is 3.63. The number of Topliss-reactive ketones (excluding diaryl/α,β-unsaturated/α-hetero) is 3. The van der Waals surface area contributed by atoms with E-state index < -0.39 is 17.8 Å². The molecule has 0 aromatic heterocycles. The number of hydrogen-bond acceptors (Lipinski definition) is 6. The Labute approximate surface area is 189 Å². The molecule has 1 aliphatic carbocycles. The van der Waals surface area contributed by atoms with Gasteiger partial charge in [-0.15, -0.1) is 0 Å². The van der Waals surface area contributed by atoms with E-state index in [1.54, 1.807) is 0 Å². The van der Waals surface area contributed by atoms with Crippen molar-refractivity contribution in [1.82, 2.24) is 0 Å². The summed E-state index contributed by atoms with van der Waals surface area (Å²) in [5, 5.41) is 26.9. The Morgan fingerprint density at radius 1 is 0.455 bits per heavy atom. The highest BCUT2D eigenvalue weighted by molar-refractivity contribution is 6.16. The number of ketones is 3. The van der Waals surface area contributed by atoms with Gasteiger partial charge in [-0.05, 0) is 36.4 Å². The molecule has 3 aromatic carbocycles. The van der Waals surface area contributed by atoms with Crippen molar-refractivity contribution in [3.8, 4) is 18.2 Å². The van der Waals surface area contributed by atoms with E-state index in [-0.39, 0.29) is 17.3 Å². The molecule has 0 atom stereocenters. The molecular weight excluding hydrogens is 414 g/mol. The highest BCUT2D eigenvalue weighted by atomic mass is 16.1. The average molecular weight is 429 g/mol. The Morgan fingerprint density at radius 3 is 0.848 bits per heavy atom. The van der Waals surface area contributed by atoms with Crippen LogP contribution >= 0.6 is 0 Å². The summed E-state index contributed by atoms with van der Waals surface area (Å²) in [6.45, 7) is 0. The summed E-state index contributed by atoms with van der Waals surface area (Å²) in [6.07, 6.45) is 0. The summed E-state index contributed by atoms with van der Waals surface area (Å²) < 4.78 is 0. The predicted molar refractivity (Wildman–Crippen MR) is 117 cm³/mol. The van der Waals surface area contributed by atoms with E-state index >= 15 is 0 Å². The fourth-order valence-electron chi connectivity index (χ4n) is 3.99. The van der Waals surface area contributed by atoms with Gasteiger partial charge in [0.1, 0.15) is 0 Å². The van der Waals surface area contributed by atoms with Crippen LogP contribution in [0.25, 0.3) is 0 Å². The smallest absolute Gasteiger partial charge is 0.167 e. The highest BCUT2D eigenvalue weighted by Gasteiger charge is 2.62. The van der Waals surface area contributed by atoms with E-state index in [9.17, 15) is 14.4 Å². The molecule has 1 fully saturated rings. The first-order valence-corrected chi connectivity index (χ1v) is 10.1. The van der Waals surface area contributed by atoms with Gasteiger partial charge < -0.3 is 0 Å². The van der Waals surface area contributed by atoms with E-state index in [4.69, 9.17) is 15.8 Å². The number of rotatable bonds is 6. The zero-order chi connectivity index (χ0) is 23.5. The molecule has 1 aliphatic rings. The minimum Gasteiger partial charge on any atom is -0.294 e. The fraction of sp³-hybridized carbons (Fsp3) is 0.111. The number of carbonyl (C=O) groups excluding carboxylic acids is 3. The third kappa shape index (κ3) is 4.04. The number of carbonyl (C=O) groups is 3. The molecule has 0 unspecified atom stereocenters. The summed E-state index contributed by atoms with van der Waals surface area (Å²) >= 11 is 0. The minimum absolute atomic E-state index is 0.326. The Bertz CT molecular complexity index is 1200. The van der Waals surface area contributed by atoms with Gasteiger partial charge in [-0.25, -0.2) is 0 Å². The third-order valence-corrected chi connectivity index (χ3v) is 5.82. The number of nitriles is 3. The van der Waals surface area contributed by atoms with Gasteiger partial charge in [0.15, 0.2) is 17.3 Å². The second-order valence-electron chi connectivity index (χ2n) is 7.74. The van der Waals surface area contributed by atoms with Crippen molar-refractivity contribution in [2.45, 2.75) is 0 Å². The maximum atomic E-state index is 13.2. The highest BCUT2D eigenvalue weighted by Crippen LogP contribution is 2.51. The Morgan fingerprint density at radius 2 is 0.667 bits per heavy atom. The van der Waals surface area contributed by atoms with Crippen molar-refractivity contribution in [3.63, 3.8) is 0 Å². The Hall–Kier alpha value is -4.86. The first-order chi connectivity index (χ1) is 16.0. The molecule has 0 N–H and O–H groups in total. The monoisotopic (exact) mass is 429 g/mol. The largest absolute Gasteiger partial charge is 0.294 e. The second-order valence-corrected chi connectivity index (χ2v) is 7.74. The van der Waals surface area contributed by atoms with Crippen molar-refractivity contribution in [3.05, 3.63) is 106 Å². The van der Waals surface area contributed by atoms with E-state index in [1.165, 1.54) is 72.8 Å². The van der Waals surface area contributed by atoms with Crippen LogP contribution in [-0.2, 0) is 0 Å². The molecule has 0 saturated heterocycles. The molecule has 0 heterocycles. The van der Waals surface area contributed by atoms with Crippen LogP contribution in [0.4, 0.5) is 0 Å². The Kier molecular flexibility index (Phi) is 5.64. The van der Waals surface area contributed by atoms with Crippen LogP contribution in [0.15, 0.2) is 72.8 Å². The molecule has 0 bridgehead atoms.